The molecule has 14 heavy (non-hydrogen) atoms. The Morgan fingerprint density at radius 1 is 1.64 bits per heavy atom. The molecule has 0 amide bonds. The van der Waals surface area contributed by atoms with Crippen LogP contribution in [0.2, 0.25) is 0 Å². The number of aliphatic carboxylic acids is 1. The number of aryl methyl sites for hydroxylation is 1. The van der Waals surface area contributed by atoms with Gasteiger partial charge in [-0.1, -0.05) is 6.07 Å². The molecule has 0 aliphatic rings. The first kappa shape index (κ1) is 11.0. The first-order valence-electron chi connectivity index (χ1n) is 3.95. The highest BCUT2D eigenvalue weighted by Crippen LogP contribution is 2.18. The summed E-state index contributed by atoms with van der Waals surface area (Å²) >= 11 is 2.13. The lowest BCUT2D eigenvalue weighted by molar-refractivity contribution is -0.136. The first-order chi connectivity index (χ1) is 6.54. The van der Waals surface area contributed by atoms with Gasteiger partial charge in [0.25, 0.3) is 0 Å². The molecule has 0 radical (unpaired) electrons. The van der Waals surface area contributed by atoms with E-state index in [-0.39, 0.29) is 6.42 Å². The van der Waals surface area contributed by atoms with E-state index >= 15 is 0 Å². The lowest BCUT2D eigenvalue weighted by Gasteiger charge is -2.04. The zero-order valence-electron chi connectivity index (χ0n) is 7.54. The first-order valence-corrected chi connectivity index (χ1v) is 5.03. The molecule has 0 aromatic heterocycles. The largest absolute Gasteiger partial charge is 0.481 e. The van der Waals surface area contributed by atoms with Gasteiger partial charge in [0.05, 0.1) is 18.1 Å². The van der Waals surface area contributed by atoms with Crippen LogP contribution in [0.1, 0.15) is 16.7 Å². The molecule has 72 valence electrons. The molecule has 1 aromatic rings. The van der Waals surface area contributed by atoms with Crippen molar-refractivity contribution in [3.05, 3.63) is 32.4 Å². The number of carboxylic acid groups (broad SMARTS) is 1. The molecule has 0 atom stereocenters. The molecular formula is C10H8INO2. The highest BCUT2D eigenvalue weighted by molar-refractivity contribution is 14.1. The summed E-state index contributed by atoms with van der Waals surface area (Å²) in [6, 6.07) is 5.48. The molecule has 4 heteroatoms. The highest BCUT2D eigenvalue weighted by Gasteiger charge is 2.08. The molecule has 0 bridgehead atoms. The summed E-state index contributed by atoms with van der Waals surface area (Å²) in [6.07, 6.45) is -0.0966. The summed E-state index contributed by atoms with van der Waals surface area (Å²) in [5.74, 6) is -0.915. The molecule has 0 spiro atoms. The fourth-order valence-corrected chi connectivity index (χ4v) is 1.62. The molecule has 0 saturated heterocycles. The second kappa shape index (κ2) is 4.42. The van der Waals surface area contributed by atoms with Crippen LogP contribution >= 0.6 is 22.6 Å². The monoisotopic (exact) mass is 301 g/mol. The summed E-state index contributed by atoms with van der Waals surface area (Å²) in [7, 11) is 0. The van der Waals surface area contributed by atoms with E-state index in [4.69, 9.17) is 10.4 Å². The van der Waals surface area contributed by atoms with Crippen LogP contribution < -0.4 is 0 Å². The number of benzene rings is 1. The molecule has 0 aliphatic carbocycles. The van der Waals surface area contributed by atoms with Crippen molar-refractivity contribution in [2.24, 2.45) is 0 Å². The number of rotatable bonds is 2. The minimum Gasteiger partial charge on any atom is -0.481 e. The average molecular weight is 301 g/mol. The number of carbonyl (C=O) groups is 1. The molecule has 0 heterocycles. The summed E-state index contributed by atoms with van der Waals surface area (Å²) in [6.45, 7) is 1.90. The van der Waals surface area contributed by atoms with Gasteiger partial charge < -0.3 is 5.11 Å². The summed E-state index contributed by atoms with van der Waals surface area (Å²) < 4.78 is 0.980. The van der Waals surface area contributed by atoms with Gasteiger partial charge in [-0.2, -0.15) is 5.26 Å². The third-order valence-corrected chi connectivity index (χ3v) is 3.01. The van der Waals surface area contributed by atoms with E-state index in [9.17, 15) is 4.79 Å². The van der Waals surface area contributed by atoms with E-state index < -0.39 is 5.97 Å². The van der Waals surface area contributed by atoms with Crippen LogP contribution in [-0.4, -0.2) is 11.1 Å². The van der Waals surface area contributed by atoms with Gasteiger partial charge in [-0.3, -0.25) is 4.79 Å². The predicted molar refractivity (Wildman–Crippen MR) is 60.0 cm³/mol. The molecule has 1 aromatic carbocycles. The van der Waals surface area contributed by atoms with Crippen molar-refractivity contribution in [3.63, 3.8) is 0 Å². The van der Waals surface area contributed by atoms with E-state index in [1.54, 1.807) is 12.1 Å². The zero-order valence-corrected chi connectivity index (χ0v) is 9.70. The Kier molecular flexibility index (Phi) is 3.47. The van der Waals surface area contributed by atoms with Crippen LogP contribution in [0.25, 0.3) is 0 Å². The Hall–Kier alpha value is -1.09. The maximum atomic E-state index is 10.5. The Balaban J connectivity index is 3.22. The van der Waals surface area contributed by atoms with E-state index in [2.05, 4.69) is 22.6 Å². The van der Waals surface area contributed by atoms with Gasteiger partial charge in [0.2, 0.25) is 0 Å². The van der Waals surface area contributed by atoms with Gasteiger partial charge in [0.15, 0.2) is 0 Å². The molecule has 0 aliphatic heterocycles. The minimum absolute atomic E-state index is 0.0966. The third-order valence-electron chi connectivity index (χ3n) is 1.85. The van der Waals surface area contributed by atoms with Gasteiger partial charge in [-0.15, -0.1) is 0 Å². The van der Waals surface area contributed by atoms with Crippen molar-refractivity contribution < 1.29 is 9.90 Å². The topological polar surface area (TPSA) is 61.1 Å². The van der Waals surface area contributed by atoms with Crippen molar-refractivity contribution >= 4 is 28.6 Å². The Morgan fingerprint density at radius 2 is 2.29 bits per heavy atom. The van der Waals surface area contributed by atoms with Gasteiger partial charge in [0.1, 0.15) is 0 Å². The molecule has 1 N–H and O–H groups in total. The maximum absolute atomic E-state index is 10.5. The standard InChI is InChI=1S/C10H8INO2/c1-6-2-7(4-10(13)14)8(5-12)3-9(6)11/h2-3H,4H2,1H3,(H,13,14). The van der Waals surface area contributed by atoms with Crippen LogP contribution in [0.3, 0.4) is 0 Å². The SMILES string of the molecule is Cc1cc(CC(=O)O)c(C#N)cc1I. The molecule has 0 unspecified atom stereocenters. The van der Waals surface area contributed by atoms with Crippen LogP contribution in [-0.2, 0) is 11.2 Å². The normalized spacial score (nSPS) is 9.50. The summed E-state index contributed by atoms with van der Waals surface area (Å²) in [4.78, 5) is 10.5. The van der Waals surface area contributed by atoms with Crippen molar-refractivity contribution in [3.8, 4) is 6.07 Å². The highest BCUT2D eigenvalue weighted by atomic mass is 127. The van der Waals surface area contributed by atoms with Crippen LogP contribution in [0, 0.1) is 21.8 Å². The average Bonchev–Trinajstić information content (AvgIpc) is 2.10. The lowest BCUT2D eigenvalue weighted by atomic mass is 10.0. The number of hydrogen-bond donors (Lipinski definition) is 1. The van der Waals surface area contributed by atoms with Gasteiger partial charge >= 0.3 is 5.97 Å². The molecule has 1 rings (SSSR count). The van der Waals surface area contributed by atoms with Crippen molar-refractivity contribution in [1.29, 1.82) is 5.26 Å². The number of nitrogens with zero attached hydrogens (tertiary/aromatic N) is 1. The Morgan fingerprint density at radius 3 is 2.79 bits per heavy atom. The smallest absolute Gasteiger partial charge is 0.307 e. The van der Waals surface area contributed by atoms with Crippen molar-refractivity contribution in [2.45, 2.75) is 13.3 Å². The van der Waals surface area contributed by atoms with Crippen molar-refractivity contribution in [2.75, 3.05) is 0 Å². The van der Waals surface area contributed by atoms with Crippen LogP contribution in [0.4, 0.5) is 0 Å². The number of nitriles is 1. The molecule has 0 saturated carbocycles. The second-order valence-corrected chi connectivity index (χ2v) is 4.10. The fourth-order valence-electron chi connectivity index (χ4n) is 1.15. The molecule has 0 fully saturated rings. The lowest BCUT2D eigenvalue weighted by Crippen LogP contribution is -2.03. The molecule has 3 nitrogen and oxygen atoms in total. The summed E-state index contributed by atoms with van der Waals surface area (Å²) in [5, 5.41) is 17.4. The number of carboxylic acids is 1. The van der Waals surface area contributed by atoms with Gasteiger partial charge in [-0.25, -0.2) is 0 Å². The van der Waals surface area contributed by atoms with Gasteiger partial charge in [-0.05, 0) is 46.7 Å². The fraction of sp³-hybridized carbons (Fsp3) is 0.200. The second-order valence-electron chi connectivity index (χ2n) is 2.94. The van der Waals surface area contributed by atoms with E-state index in [1.165, 1.54) is 0 Å². The quantitative estimate of drug-likeness (QED) is 0.851. The number of hydrogen-bond acceptors (Lipinski definition) is 2. The zero-order chi connectivity index (χ0) is 10.7. The van der Waals surface area contributed by atoms with E-state index in [0.717, 1.165) is 9.13 Å². The Bertz CT molecular complexity index is 421. The van der Waals surface area contributed by atoms with Crippen molar-refractivity contribution in [1.82, 2.24) is 0 Å². The number of halogens is 1. The minimum atomic E-state index is -0.915. The molecular weight excluding hydrogens is 293 g/mol. The maximum Gasteiger partial charge on any atom is 0.307 e. The third kappa shape index (κ3) is 2.45. The van der Waals surface area contributed by atoms with Gasteiger partial charge in [0, 0.05) is 3.57 Å². The predicted octanol–water partition coefficient (Wildman–Crippen LogP) is 2.10. The Labute approximate surface area is 95.5 Å². The van der Waals surface area contributed by atoms with E-state index in [1.807, 2.05) is 13.0 Å². The van der Waals surface area contributed by atoms with Crippen LogP contribution in [0.15, 0.2) is 12.1 Å². The van der Waals surface area contributed by atoms with Crippen LogP contribution in [0.5, 0.6) is 0 Å². The van der Waals surface area contributed by atoms with E-state index in [0.29, 0.717) is 11.1 Å². The summed E-state index contributed by atoms with van der Waals surface area (Å²) in [5.41, 5.74) is 2.03.